The van der Waals surface area contributed by atoms with Crippen LogP contribution in [0.2, 0.25) is 0 Å². The predicted molar refractivity (Wildman–Crippen MR) is 474 cm³/mol. The molecule has 0 amide bonds. The molecule has 0 radical (unpaired) electrons. The molecule has 2 saturated carbocycles. The number of benzene rings is 6. The minimum absolute atomic E-state index is 0.0197. The Labute approximate surface area is 680 Å². The molecular weight excluding hydrogens is 1370 g/mol. The summed E-state index contributed by atoms with van der Waals surface area (Å²) in [7, 11) is 0. The van der Waals surface area contributed by atoms with Gasteiger partial charge in [-0.2, -0.15) is 0 Å². The molecule has 3 N–H and O–H groups in total. The van der Waals surface area contributed by atoms with Crippen LogP contribution in [0.15, 0.2) is 146 Å². The average Bonchev–Trinajstić information content (AvgIpc) is 1.74. The number of ether oxygens (including phenoxy) is 5. The number of hydrogen-bond donors (Lipinski definition) is 3. The van der Waals surface area contributed by atoms with Crippen molar-refractivity contribution in [3.8, 4) is 34.5 Å². The van der Waals surface area contributed by atoms with Crippen LogP contribution in [-0.2, 0) is 19.1 Å². The molecule has 6 unspecified atom stereocenters. The number of phenols is 3. The quantitative estimate of drug-likeness (QED) is 0.0389. The molecule has 0 spiro atoms. The van der Waals surface area contributed by atoms with Crippen LogP contribution in [-0.4, -0.2) is 55.3 Å². The fourth-order valence-corrected chi connectivity index (χ4v) is 11.6. The maximum atomic E-state index is 12.0. The van der Waals surface area contributed by atoms with E-state index in [0.717, 1.165) is 107 Å². The van der Waals surface area contributed by atoms with Crippen molar-refractivity contribution in [3.63, 3.8) is 0 Å². The van der Waals surface area contributed by atoms with E-state index < -0.39 is 0 Å². The molecule has 10 nitrogen and oxygen atoms in total. The third-order valence-electron chi connectivity index (χ3n) is 24.0. The summed E-state index contributed by atoms with van der Waals surface area (Å²) in [6.07, 6.45) is 22.6. The first kappa shape index (κ1) is 102. The number of aromatic hydroxyl groups is 3. The summed E-state index contributed by atoms with van der Waals surface area (Å²) in [4.78, 5) is 24.0. The van der Waals surface area contributed by atoms with Gasteiger partial charge in [-0.05, 0) is 346 Å². The molecule has 0 saturated heterocycles. The van der Waals surface area contributed by atoms with Crippen molar-refractivity contribution in [2.45, 2.75) is 399 Å². The highest BCUT2D eigenvalue weighted by atomic mass is 16.6. The second-order valence-corrected chi connectivity index (χ2v) is 34.7. The van der Waals surface area contributed by atoms with Crippen LogP contribution in [0.5, 0.6) is 34.5 Å². The normalized spacial score (nSPS) is 15.2. The van der Waals surface area contributed by atoms with E-state index in [4.69, 9.17) is 39.0 Å². The van der Waals surface area contributed by atoms with E-state index in [0.29, 0.717) is 52.8 Å². The van der Waals surface area contributed by atoms with Gasteiger partial charge in [0.1, 0.15) is 62.5 Å². The van der Waals surface area contributed by atoms with Crippen LogP contribution in [0.1, 0.15) is 405 Å². The largest absolute Gasteiger partial charge is 0.508 e. The summed E-state index contributed by atoms with van der Waals surface area (Å²) < 4.78 is 29.3. The Kier molecular flexibility index (Phi) is 46.9. The van der Waals surface area contributed by atoms with Crippen LogP contribution in [0.25, 0.3) is 0 Å². The molecular formula is C101H162O10. The third-order valence-corrected chi connectivity index (χ3v) is 24.0. The number of hydrogen-bond acceptors (Lipinski definition) is 10. The van der Waals surface area contributed by atoms with Gasteiger partial charge in [-0.3, -0.25) is 9.59 Å². The van der Waals surface area contributed by atoms with E-state index in [1.165, 1.54) is 78.3 Å². The maximum absolute atomic E-state index is 12.0. The van der Waals surface area contributed by atoms with Gasteiger partial charge < -0.3 is 39.0 Å². The molecule has 111 heavy (non-hydrogen) atoms. The van der Waals surface area contributed by atoms with E-state index in [2.05, 4.69) is 232 Å². The highest BCUT2D eigenvalue weighted by Gasteiger charge is 2.41. The van der Waals surface area contributed by atoms with Crippen molar-refractivity contribution in [3.05, 3.63) is 179 Å². The summed E-state index contributed by atoms with van der Waals surface area (Å²) in [6.45, 7) is 61.8. The smallest absolute Gasteiger partial charge is 0.312 e. The van der Waals surface area contributed by atoms with Gasteiger partial charge in [-0.25, -0.2) is 0 Å². The van der Waals surface area contributed by atoms with Crippen molar-refractivity contribution in [1.29, 1.82) is 0 Å². The summed E-state index contributed by atoms with van der Waals surface area (Å²) >= 11 is 0. The van der Waals surface area contributed by atoms with Gasteiger partial charge in [0, 0.05) is 0 Å². The summed E-state index contributed by atoms with van der Waals surface area (Å²) in [5.41, 5.74) is 6.93. The second-order valence-electron chi connectivity index (χ2n) is 34.7. The Balaban J connectivity index is 0.000000637. The van der Waals surface area contributed by atoms with Crippen molar-refractivity contribution < 1.29 is 48.6 Å². The zero-order valence-corrected chi connectivity index (χ0v) is 75.9. The lowest BCUT2D eigenvalue weighted by atomic mass is 9.89. The van der Waals surface area contributed by atoms with Crippen molar-refractivity contribution in [1.82, 2.24) is 0 Å². The standard InChI is InChI=1S/3C15H24O.2C13H24O2.3C10H14O/c3*1-6-12(3)13-8-10-14(11-9-13)16-15(4,5)7-2;2*1-5-12(3,4)11(14)15-13(6-2)9-7-8-10-13;3*1-3-8(2)9-4-6-10(11)7-5-9/h3*8-12H,6-7H2,1-5H3;2*5-10H2,1-4H3;3*4-8,11H,3H2,1-2H3. The van der Waals surface area contributed by atoms with E-state index in [1.54, 1.807) is 36.4 Å². The monoisotopic (exact) mass is 1540 g/mol. The van der Waals surface area contributed by atoms with Gasteiger partial charge in [0.25, 0.3) is 0 Å². The minimum atomic E-state index is -0.329. The van der Waals surface area contributed by atoms with E-state index in [-0.39, 0.29) is 50.8 Å². The van der Waals surface area contributed by atoms with Gasteiger partial charge in [0.05, 0.1) is 10.8 Å². The Morgan fingerprint density at radius 2 is 0.468 bits per heavy atom. The summed E-state index contributed by atoms with van der Waals surface area (Å²) in [5, 5.41) is 27.0. The first-order valence-corrected chi connectivity index (χ1v) is 43.3. The number of carbonyl (C=O) groups is 2. The molecule has 8 rings (SSSR count). The minimum Gasteiger partial charge on any atom is -0.508 e. The highest BCUT2D eigenvalue weighted by Crippen LogP contribution is 2.40. The molecule has 10 heteroatoms. The molecule has 6 aromatic carbocycles. The Bertz CT molecular complexity index is 3050. The molecule has 2 fully saturated rings. The number of rotatable bonds is 29. The third kappa shape index (κ3) is 38.6. The Morgan fingerprint density at radius 1 is 0.297 bits per heavy atom. The van der Waals surface area contributed by atoms with E-state index in [9.17, 15) is 9.59 Å². The zero-order chi connectivity index (χ0) is 84.4. The zero-order valence-electron chi connectivity index (χ0n) is 75.9. The van der Waals surface area contributed by atoms with Crippen molar-refractivity contribution >= 4 is 11.9 Å². The molecule has 6 atom stereocenters. The van der Waals surface area contributed by atoms with Crippen LogP contribution in [0.4, 0.5) is 0 Å². The average molecular weight is 1540 g/mol. The van der Waals surface area contributed by atoms with Gasteiger partial charge in [-0.15, -0.1) is 0 Å². The van der Waals surface area contributed by atoms with E-state index >= 15 is 0 Å². The summed E-state index contributed by atoms with van der Waals surface area (Å²) in [5.74, 6) is 7.59. The van der Waals surface area contributed by atoms with Crippen LogP contribution in [0.3, 0.4) is 0 Å². The van der Waals surface area contributed by atoms with E-state index in [1.807, 2.05) is 77.9 Å². The Hall–Kier alpha value is -6.94. The van der Waals surface area contributed by atoms with Crippen LogP contribution < -0.4 is 14.2 Å². The van der Waals surface area contributed by atoms with Crippen molar-refractivity contribution in [2.24, 2.45) is 10.8 Å². The predicted octanol–water partition coefficient (Wildman–Crippen LogP) is 30.4. The topological polar surface area (TPSA) is 141 Å². The fraction of sp³-hybridized carbons (Fsp3) is 0.624. The fourth-order valence-electron chi connectivity index (χ4n) is 11.6. The van der Waals surface area contributed by atoms with Gasteiger partial charge >= 0.3 is 11.9 Å². The molecule has 0 bridgehead atoms. The van der Waals surface area contributed by atoms with Gasteiger partial charge in [0.2, 0.25) is 0 Å². The van der Waals surface area contributed by atoms with Crippen LogP contribution >= 0.6 is 0 Å². The molecule has 0 aliphatic heterocycles. The molecule has 626 valence electrons. The molecule has 6 aromatic rings. The first-order valence-electron chi connectivity index (χ1n) is 43.3. The molecule has 2 aliphatic carbocycles. The first-order chi connectivity index (χ1) is 52.1. The highest BCUT2D eigenvalue weighted by molar-refractivity contribution is 5.76. The molecule has 0 heterocycles. The SMILES string of the molecule is CCC(C)c1ccc(O)cc1.CCC(C)c1ccc(O)cc1.CCC(C)c1ccc(O)cc1.CCC(C)c1ccc(OC(C)(C)CC)cc1.CCC(C)c1ccc(OC(C)(C)CC)cc1.CCC(C)c1ccc(OC(C)(C)CC)cc1.CCC1(OC(=O)C(C)(C)CC)CCCC1.CCC1(OC(=O)C(C)(C)CC)CCCC1. The number of phenolic OH excluding ortho intramolecular Hbond substituents is 3. The number of esters is 2. The maximum Gasteiger partial charge on any atom is 0.312 e. The lowest BCUT2D eigenvalue weighted by molar-refractivity contribution is -0.171. The van der Waals surface area contributed by atoms with Gasteiger partial charge in [-0.1, -0.05) is 204 Å². The lowest BCUT2D eigenvalue weighted by Gasteiger charge is -2.32. The van der Waals surface area contributed by atoms with Crippen LogP contribution in [0, 0.1) is 10.8 Å². The molecule has 0 aromatic heterocycles. The van der Waals surface area contributed by atoms with Gasteiger partial charge in [0.15, 0.2) is 0 Å². The lowest BCUT2D eigenvalue weighted by Crippen LogP contribution is -2.37. The second kappa shape index (κ2) is 51.0. The Morgan fingerprint density at radius 3 is 0.613 bits per heavy atom. The van der Waals surface area contributed by atoms with Crippen molar-refractivity contribution in [2.75, 3.05) is 0 Å². The number of carbonyl (C=O) groups excluding carboxylic acids is 2. The molecule has 2 aliphatic rings. The summed E-state index contributed by atoms with van der Waals surface area (Å²) in [6, 6.07) is 47.8.